The van der Waals surface area contributed by atoms with Crippen LogP contribution in [-0.2, 0) is 19.5 Å². The highest BCUT2D eigenvalue weighted by Gasteiger charge is 2.08. The normalized spacial score (nSPS) is 11.0. The van der Waals surface area contributed by atoms with Crippen LogP contribution in [0.2, 0.25) is 0 Å². The van der Waals surface area contributed by atoms with Crippen molar-refractivity contribution in [2.45, 2.75) is 39.3 Å². The predicted octanol–water partition coefficient (Wildman–Crippen LogP) is -0.352. The maximum absolute atomic E-state index is 8.81. The van der Waals surface area contributed by atoms with Gasteiger partial charge in [0, 0.05) is 25.8 Å². The lowest BCUT2D eigenvalue weighted by Gasteiger charge is -2.02. The molecule has 1 N–H and O–H groups in total. The van der Waals surface area contributed by atoms with Crippen LogP contribution in [-0.4, -0.2) is 46.9 Å². The van der Waals surface area contributed by atoms with E-state index in [2.05, 4.69) is 32.8 Å². The van der Waals surface area contributed by atoms with Crippen molar-refractivity contribution < 1.29 is 5.11 Å². The van der Waals surface area contributed by atoms with Crippen molar-refractivity contribution in [1.82, 2.24) is 35.2 Å². The second-order valence-corrected chi connectivity index (χ2v) is 4.05. The lowest BCUT2D eigenvalue weighted by atomic mass is 10.3. The summed E-state index contributed by atoms with van der Waals surface area (Å²) in [7, 11) is 0. The van der Waals surface area contributed by atoms with Gasteiger partial charge in [-0.15, -0.1) is 10.2 Å². The molecule has 0 aromatic carbocycles. The highest BCUT2D eigenvalue weighted by molar-refractivity contribution is 4.94. The molecule has 8 heteroatoms. The first-order valence-electron chi connectivity index (χ1n) is 6.08. The van der Waals surface area contributed by atoms with Gasteiger partial charge in [-0.2, -0.15) is 0 Å². The minimum atomic E-state index is 0.0763. The summed E-state index contributed by atoms with van der Waals surface area (Å²) in [6, 6.07) is 0. The van der Waals surface area contributed by atoms with Crippen molar-refractivity contribution in [2.75, 3.05) is 6.61 Å². The van der Waals surface area contributed by atoms with Crippen LogP contribution in [0, 0.1) is 0 Å². The molecule has 0 bridgehead atoms. The van der Waals surface area contributed by atoms with E-state index in [9.17, 15) is 0 Å². The third kappa shape index (κ3) is 3.10. The van der Waals surface area contributed by atoms with Crippen LogP contribution in [0.3, 0.4) is 0 Å². The average Bonchev–Trinajstić information content (AvgIpc) is 2.98. The fourth-order valence-electron chi connectivity index (χ4n) is 1.61. The Morgan fingerprint density at radius 2 is 2.17 bits per heavy atom. The van der Waals surface area contributed by atoms with Gasteiger partial charge < -0.3 is 5.11 Å². The fourth-order valence-corrected chi connectivity index (χ4v) is 1.61. The number of aromatic nitrogens is 7. The van der Waals surface area contributed by atoms with Gasteiger partial charge in [0.2, 0.25) is 0 Å². The van der Waals surface area contributed by atoms with Gasteiger partial charge in [-0.25, -0.2) is 9.36 Å². The molecule has 0 fully saturated rings. The van der Waals surface area contributed by atoms with Crippen LogP contribution < -0.4 is 0 Å². The number of hydrogen-bond donors (Lipinski definition) is 1. The smallest absolute Gasteiger partial charge is 0.172 e. The van der Waals surface area contributed by atoms with Gasteiger partial charge in [0.25, 0.3) is 0 Å². The molecule has 98 valence electrons. The molecule has 0 radical (unpaired) electrons. The summed E-state index contributed by atoms with van der Waals surface area (Å²) in [6.07, 6.45) is 4.46. The Bertz CT molecular complexity index is 478. The van der Waals surface area contributed by atoms with E-state index in [0.29, 0.717) is 13.0 Å². The Labute approximate surface area is 105 Å². The van der Waals surface area contributed by atoms with Crippen LogP contribution in [0.15, 0.2) is 6.20 Å². The van der Waals surface area contributed by atoms with Crippen molar-refractivity contribution in [3.05, 3.63) is 17.7 Å². The first kappa shape index (κ1) is 12.6. The zero-order valence-corrected chi connectivity index (χ0v) is 10.4. The fraction of sp³-hybridized carbons (Fsp3) is 0.700. The molecule has 0 atom stereocenters. The number of hydrogen-bond acceptors (Lipinski definition) is 6. The lowest BCUT2D eigenvalue weighted by Crippen LogP contribution is -2.10. The molecule has 2 rings (SSSR count). The van der Waals surface area contributed by atoms with Crippen molar-refractivity contribution in [1.29, 1.82) is 0 Å². The van der Waals surface area contributed by atoms with Crippen molar-refractivity contribution in [3.63, 3.8) is 0 Å². The molecule has 2 heterocycles. The van der Waals surface area contributed by atoms with Crippen LogP contribution in [0.5, 0.6) is 0 Å². The molecule has 0 amide bonds. The molecular weight excluding hydrogens is 234 g/mol. The second kappa shape index (κ2) is 6.20. The number of aliphatic hydroxyl groups excluding tert-OH is 1. The molecule has 18 heavy (non-hydrogen) atoms. The molecule has 0 spiro atoms. The molecule has 0 saturated carbocycles. The Balaban J connectivity index is 2.01. The molecule has 8 nitrogen and oxygen atoms in total. The highest BCUT2D eigenvalue weighted by Crippen LogP contribution is 2.01. The molecular formula is C10H17N7O. The lowest BCUT2D eigenvalue weighted by molar-refractivity contribution is 0.298. The Morgan fingerprint density at radius 3 is 2.94 bits per heavy atom. The molecule has 0 aliphatic heterocycles. The molecule has 0 saturated heterocycles. The van der Waals surface area contributed by atoms with E-state index in [1.165, 1.54) is 0 Å². The van der Waals surface area contributed by atoms with E-state index in [1.807, 2.05) is 0 Å². The summed E-state index contributed by atoms with van der Waals surface area (Å²) in [5.41, 5.74) is 0.769. The van der Waals surface area contributed by atoms with E-state index in [1.54, 1.807) is 15.6 Å². The number of rotatable bonds is 7. The van der Waals surface area contributed by atoms with Gasteiger partial charge in [-0.3, -0.25) is 0 Å². The first-order valence-corrected chi connectivity index (χ1v) is 6.08. The van der Waals surface area contributed by atoms with E-state index in [0.717, 1.165) is 30.9 Å². The van der Waals surface area contributed by atoms with E-state index >= 15 is 0 Å². The Hall–Kier alpha value is -1.83. The summed E-state index contributed by atoms with van der Waals surface area (Å²) in [5.74, 6) is 0.767. The number of aliphatic hydroxyl groups is 1. The van der Waals surface area contributed by atoms with E-state index in [-0.39, 0.29) is 6.61 Å². The van der Waals surface area contributed by atoms with Gasteiger partial charge in [0.05, 0.1) is 5.69 Å². The minimum absolute atomic E-state index is 0.0763. The van der Waals surface area contributed by atoms with E-state index < -0.39 is 0 Å². The minimum Gasteiger partial charge on any atom is -0.396 e. The SMILES string of the molecule is CCCCn1nnnc1Cn1cc(CCO)nn1. The Morgan fingerprint density at radius 1 is 1.28 bits per heavy atom. The van der Waals surface area contributed by atoms with Gasteiger partial charge in [0.1, 0.15) is 6.54 Å². The largest absolute Gasteiger partial charge is 0.396 e. The summed E-state index contributed by atoms with van der Waals surface area (Å²) < 4.78 is 3.47. The van der Waals surface area contributed by atoms with Crippen molar-refractivity contribution >= 4 is 0 Å². The van der Waals surface area contributed by atoms with Crippen LogP contribution >= 0.6 is 0 Å². The standard InChI is InChI=1S/C10H17N7O/c1-2-3-5-17-10(12-13-15-17)8-16-7-9(4-6-18)11-14-16/h7,18H,2-6,8H2,1H3. The van der Waals surface area contributed by atoms with Crippen LogP contribution in [0.25, 0.3) is 0 Å². The molecule has 0 unspecified atom stereocenters. The first-order chi connectivity index (χ1) is 8.83. The summed E-state index contributed by atoms with van der Waals surface area (Å²) in [6.45, 7) is 3.52. The van der Waals surface area contributed by atoms with Gasteiger partial charge in [-0.05, 0) is 16.8 Å². The topological polar surface area (TPSA) is 94.5 Å². The summed E-state index contributed by atoms with van der Waals surface area (Å²) in [4.78, 5) is 0. The molecule has 2 aromatic heterocycles. The zero-order valence-electron chi connectivity index (χ0n) is 10.4. The predicted molar refractivity (Wildman–Crippen MR) is 62.6 cm³/mol. The summed E-state index contributed by atoms with van der Waals surface area (Å²) in [5, 5.41) is 28.4. The number of unbranched alkanes of at least 4 members (excludes halogenated alkanes) is 1. The highest BCUT2D eigenvalue weighted by atomic mass is 16.3. The zero-order chi connectivity index (χ0) is 12.8. The van der Waals surface area contributed by atoms with E-state index in [4.69, 9.17) is 5.11 Å². The molecule has 0 aliphatic carbocycles. The van der Waals surface area contributed by atoms with Gasteiger partial charge in [-0.1, -0.05) is 18.6 Å². The number of nitrogens with zero attached hydrogens (tertiary/aromatic N) is 7. The third-order valence-corrected chi connectivity index (χ3v) is 2.59. The second-order valence-electron chi connectivity index (χ2n) is 4.05. The van der Waals surface area contributed by atoms with Crippen LogP contribution in [0.4, 0.5) is 0 Å². The monoisotopic (exact) mass is 251 g/mol. The summed E-state index contributed by atoms with van der Waals surface area (Å²) >= 11 is 0. The number of tetrazole rings is 1. The maximum atomic E-state index is 8.81. The van der Waals surface area contributed by atoms with Crippen molar-refractivity contribution in [3.8, 4) is 0 Å². The maximum Gasteiger partial charge on any atom is 0.172 e. The van der Waals surface area contributed by atoms with Crippen molar-refractivity contribution in [2.24, 2.45) is 0 Å². The van der Waals surface area contributed by atoms with Gasteiger partial charge >= 0.3 is 0 Å². The van der Waals surface area contributed by atoms with Gasteiger partial charge in [0.15, 0.2) is 5.82 Å². The average molecular weight is 251 g/mol. The van der Waals surface area contributed by atoms with Crippen LogP contribution in [0.1, 0.15) is 31.3 Å². The quantitative estimate of drug-likeness (QED) is 0.722. The molecule has 0 aliphatic rings. The Kier molecular flexibility index (Phi) is 4.35. The number of aryl methyl sites for hydroxylation is 1. The molecule has 2 aromatic rings. The third-order valence-electron chi connectivity index (χ3n) is 2.59.